The molecule has 0 radical (unpaired) electrons. The number of esters is 1. The minimum absolute atomic E-state index is 0.110. The van der Waals surface area contributed by atoms with Crippen LogP contribution in [0, 0.1) is 0 Å². The predicted octanol–water partition coefficient (Wildman–Crippen LogP) is 2.32. The van der Waals surface area contributed by atoms with Crippen molar-refractivity contribution in [3.05, 3.63) is 71.1 Å². The molecule has 2 aromatic carbocycles. The number of rotatable bonds is 3. The van der Waals surface area contributed by atoms with Gasteiger partial charge < -0.3 is 9.15 Å². The van der Waals surface area contributed by atoms with Gasteiger partial charge in [-0.1, -0.05) is 18.2 Å². The summed E-state index contributed by atoms with van der Waals surface area (Å²) in [5.41, 5.74) is 2.17. The quantitative estimate of drug-likeness (QED) is 0.520. The predicted molar refractivity (Wildman–Crippen MR) is 91.7 cm³/mol. The van der Waals surface area contributed by atoms with Crippen LogP contribution in [0.25, 0.3) is 11.5 Å². The molecule has 0 saturated heterocycles. The average Bonchev–Trinajstić information content (AvgIpc) is 3.33. The third kappa shape index (κ3) is 2.86. The molecule has 8 heteroatoms. The zero-order chi connectivity index (χ0) is 19.0. The highest BCUT2D eigenvalue weighted by Crippen LogP contribution is 2.25. The number of benzene rings is 2. The van der Waals surface area contributed by atoms with Gasteiger partial charge >= 0.3 is 17.8 Å². The summed E-state index contributed by atoms with van der Waals surface area (Å²) in [6.45, 7) is 0.166. The lowest BCUT2D eigenvalue weighted by molar-refractivity contribution is 0.0592. The van der Waals surface area contributed by atoms with Gasteiger partial charge in [0.2, 0.25) is 5.89 Å². The van der Waals surface area contributed by atoms with Crippen molar-refractivity contribution in [3.63, 3.8) is 0 Å². The van der Waals surface area contributed by atoms with Crippen molar-refractivity contribution < 1.29 is 23.5 Å². The molecule has 0 N–H and O–H groups in total. The molecule has 0 atom stereocenters. The normalized spacial score (nSPS) is 12.8. The van der Waals surface area contributed by atoms with Crippen molar-refractivity contribution >= 4 is 17.8 Å². The Balaban J connectivity index is 1.55. The van der Waals surface area contributed by atoms with E-state index in [0.717, 1.165) is 10.5 Å². The second-order valence-corrected chi connectivity index (χ2v) is 5.83. The van der Waals surface area contributed by atoms with E-state index >= 15 is 0 Å². The van der Waals surface area contributed by atoms with Gasteiger partial charge in [0.25, 0.3) is 5.91 Å². The van der Waals surface area contributed by atoms with Crippen molar-refractivity contribution in [2.75, 3.05) is 7.11 Å². The van der Waals surface area contributed by atoms with Gasteiger partial charge in [-0.15, -0.1) is 10.2 Å². The molecule has 0 spiro atoms. The maximum Gasteiger partial charge on any atom is 0.337 e. The number of nitrogens with zero attached hydrogens (tertiary/aromatic N) is 3. The molecule has 134 valence electrons. The van der Waals surface area contributed by atoms with E-state index < -0.39 is 17.8 Å². The molecule has 4 rings (SSSR count). The smallest absolute Gasteiger partial charge is 0.337 e. The molecule has 2 amide bonds. The van der Waals surface area contributed by atoms with Crippen molar-refractivity contribution in [2.24, 2.45) is 0 Å². The molecule has 3 aromatic rings. The molecule has 2 heterocycles. The first-order valence-corrected chi connectivity index (χ1v) is 8.05. The minimum atomic E-state index is -0.652. The van der Waals surface area contributed by atoms with E-state index in [1.807, 2.05) is 6.07 Å². The van der Waals surface area contributed by atoms with Crippen molar-refractivity contribution in [1.82, 2.24) is 15.1 Å². The maximum absolute atomic E-state index is 12.6. The minimum Gasteiger partial charge on any atom is -0.465 e. The van der Waals surface area contributed by atoms with E-state index in [4.69, 9.17) is 4.42 Å². The van der Waals surface area contributed by atoms with E-state index in [2.05, 4.69) is 14.9 Å². The summed E-state index contributed by atoms with van der Waals surface area (Å²) < 4.78 is 10.1. The van der Waals surface area contributed by atoms with Gasteiger partial charge in [-0.05, 0) is 35.9 Å². The fraction of sp³-hybridized carbons (Fsp3) is 0.105. The molecule has 1 aliphatic rings. The standard InChI is InChI=1S/C19H13N3O5/c1-26-19(25)12-8-6-11(7-9-12)15-20-21-16(27-15)18(24)22-10-13-4-2-3-5-14(13)17(22)23/h2-9H,10H2,1H3. The summed E-state index contributed by atoms with van der Waals surface area (Å²) in [5, 5.41) is 7.61. The Bertz CT molecular complexity index is 1060. The molecule has 0 bridgehead atoms. The fourth-order valence-corrected chi connectivity index (χ4v) is 2.83. The fourth-order valence-electron chi connectivity index (χ4n) is 2.83. The van der Waals surface area contributed by atoms with Crippen LogP contribution < -0.4 is 0 Å². The zero-order valence-electron chi connectivity index (χ0n) is 14.2. The second kappa shape index (κ2) is 6.49. The third-order valence-corrected chi connectivity index (χ3v) is 4.23. The highest BCUT2D eigenvalue weighted by atomic mass is 16.5. The summed E-state index contributed by atoms with van der Waals surface area (Å²) in [5.74, 6) is -1.67. The number of hydrogen-bond donors (Lipinski definition) is 0. The Kier molecular flexibility index (Phi) is 4.00. The van der Waals surface area contributed by atoms with E-state index in [9.17, 15) is 14.4 Å². The Morgan fingerprint density at radius 2 is 1.81 bits per heavy atom. The molecule has 0 aliphatic carbocycles. The Hall–Kier alpha value is -3.81. The number of aromatic nitrogens is 2. The molecule has 0 unspecified atom stereocenters. The van der Waals surface area contributed by atoms with Crippen LogP contribution in [0.15, 0.2) is 52.9 Å². The van der Waals surface area contributed by atoms with Crippen LogP contribution in [0.1, 0.15) is 37.0 Å². The lowest BCUT2D eigenvalue weighted by atomic mass is 10.1. The summed E-state index contributed by atoms with van der Waals surface area (Å²) in [7, 11) is 1.30. The first-order chi connectivity index (χ1) is 13.1. The number of carbonyl (C=O) groups excluding carboxylic acids is 3. The van der Waals surface area contributed by atoms with Gasteiger partial charge in [0.1, 0.15) is 0 Å². The second-order valence-electron chi connectivity index (χ2n) is 5.83. The van der Waals surface area contributed by atoms with Crippen LogP contribution in [-0.2, 0) is 11.3 Å². The lowest BCUT2D eigenvalue weighted by Crippen LogP contribution is -2.31. The lowest BCUT2D eigenvalue weighted by Gasteiger charge is -2.09. The van der Waals surface area contributed by atoms with E-state index in [1.165, 1.54) is 7.11 Å². The monoisotopic (exact) mass is 363 g/mol. The number of ether oxygens (including phenoxy) is 1. The Morgan fingerprint density at radius 1 is 1.07 bits per heavy atom. The van der Waals surface area contributed by atoms with E-state index in [1.54, 1.807) is 42.5 Å². The van der Waals surface area contributed by atoms with Crippen LogP contribution in [0.2, 0.25) is 0 Å². The van der Waals surface area contributed by atoms with Crippen LogP contribution in [0.3, 0.4) is 0 Å². The third-order valence-electron chi connectivity index (χ3n) is 4.23. The molecule has 0 fully saturated rings. The van der Waals surface area contributed by atoms with Gasteiger partial charge in [-0.3, -0.25) is 14.5 Å². The molecule has 27 heavy (non-hydrogen) atoms. The summed E-state index contributed by atoms with van der Waals surface area (Å²) in [4.78, 5) is 37.5. The Labute approximate surface area is 153 Å². The highest BCUT2D eigenvalue weighted by molar-refractivity contribution is 6.11. The first-order valence-electron chi connectivity index (χ1n) is 8.05. The topological polar surface area (TPSA) is 103 Å². The summed E-state index contributed by atoms with van der Waals surface area (Å²) in [6, 6.07) is 13.3. The average molecular weight is 363 g/mol. The molecule has 1 aromatic heterocycles. The van der Waals surface area contributed by atoms with E-state index in [-0.39, 0.29) is 18.3 Å². The first kappa shape index (κ1) is 16.6. The van der Waals surface area contributed by atoms with Gasteiger partial charge in [0.05, 0.1) is 19.2 Å². The van der Waals surface area contributed by atoms with Crippen LogP contribution in [0.4, 0.5) is 0 Å². The maximum atomic E-state index is 12.6. The van der Waals surface area contributed by atoms with Gasteiger partial charge in [0.15, 0.2) is 0 Å². The van der Waals surface area contributed by atoms with Crippen LogP contribution in [-0.4, -0.2) is 40.0 Å². The van der Waals surface area contributed by atoms with Crippen LogP contribution in [0.5, 0.6) is 0 Å². The number of fused-ring (bicyclic) bond motifs is 1. The number of amides is 2. The van der Waals surface area contributed by atoms with Crippen molar-refractivity contribution in [2.45, 2.75) is 6.54 Å². The highest BCUT2D eigenvalue weighted by Gasteiger charge is 2.34. The SMILES string of the molecule is COC(=O)c1ccc(-c2nnc(C(=O)N3Cc4ccccc4C3=O)o2)cc1. The molecule has 1 aliphatic heterocycles. The number of carbonyl (C=O) groups is 3. The number of imide groups is 1. The Morgan fingerprint density at radius 3 is 2.52 bits per heavy atom. The molecular formula is C19H13N3O5. The number of methoxy groups -OCH3 is 1. The zero-order valence-corrected chi connectivity index (χ0v) is 14.2. The van der Waals surface area contributed by atoms with Gasteiger partial charge in [0, 0.05) is 11.1 Å². The van der Waals surface area contributed by atoms with Gasteiger partial charge in [-0.25, -0.2) is 4.79 Å². The summed E-state index contributed by atoms with van der Waals surface area (Å²) in [6.07, 6.45) is 0. The van der Waals surface area contributed by atoms with Crippen molar-refractivity contribution in [3.8, 4) is 11.5 Å². The molecular weight excluding hydrogens is 350 g/mol. The summed E-state index contributed by atoms with van der Waals surface area (Å²) >= 11 is 0. The molecule has 0 saturated carbocycles. The van der Waals surface area contributed by atoms with Crippen LogP contribution >= 0.6 is 0 Å². The van der Waals surface area contributed by atoms with Crippen molar-refractivity contribution in [1.29, 1.82) is 0 Å². The number of hydrogen-bond acceptors (Lipinski definition) is 7. The van der Waals surface area contributed by atoms with Gasteiger partial charge in [-0.2, -0.15) is 0 Å². The molecule has 8 nitrogen and oxygen atoms in total. The largest absolute Gasteiger partial charge is 0.465 e. The van der Waals surface area contributed by atoms with E-state index in [0.29, 0.717) is 16.7 Å².